The maximum Gasteiger partial charge on any atom is 0.246 e. The summed E-state index contributed by atoms with van der Waals surface area (Å²) in [6.45, 7) is 2.03. The Morgan fingerprint density at radius 2 is 1.74 bits per heavy atom. The minimum absolute atomic E-state index is 0.0634. The second-order valence-corrected chi connectivity index (χ2v) is 8.54. The van der Waals surface area contributed by atoms with Crippen molar-refractivity contribution in [2.24, 2.45) is 7.05 Å². The van der Waals surface area contributed by atoms with Crippen molar-refractivity contribution in [1.29, 1.82) is 0 Å². The van der Waals surface area contributed by atoms with Gasteiger partial charge in [0.05, 0.1) is 18.4 Å². The fraction of sp³-hybridized carbons (Fsp3) is 0.600. The molecular formula is C15H21N5O2S. The molecule has 0 amide bonds. The highest BCUT2D eigenvalue weighted by Crippen LogP contribution is 2.43. The average Bonchev–Trinajstić information content (AvgIpc) is 3.18. The predicted molar refractivity (Wildman–Crippen MR) is 84.3 cm³/mol. The molecule has 2 unspecified atom stereocenters. The first-order valence-corrected chi connectivity index (χ1v) is 9.42. The smallest absolute Gasteiger partial charge is 0.246 e. The molecule has 4 rings (SSSR count). The average molecular weight is 335 g/mol. The van der Waals surface area contributed by atoms with E-state index in [1.165, 1.54) is 10.9 Å². The van der Waals surface area contributed by atoms with Crippen molar-refractivity contribution in [3.63, 3.8) is 0 Å². The van der Waals surface area contributed by atoms with Crippen molar-refractivity contribution in [1.82, 2.24) is 23.9 Å². The van der Waals surface area contributed by atoms with E-state index in [2.05, 4.69) is 16.4 Å². The Balaban J connectivity index is 1.61. The van der Waals surface area contributed by atoms with Gasteiger partial charge in [0.15, 0.2) is 0 Å². The van der Waals surface area contributed by atoms with Crippen molar-refractivity contribution in [3.8, 4) is 0 Å². The standard InChI is InChI=1S/C15H21N5O2S/c1-11-7-17-19(9-11)14-5-12-3-4-13(6-14)20(12)23(21,22)15-8-16-18(2)10-15/h7-10,12-14H,3-6H2,1-2H3. The number of aryl methyl sites for hydroxylation is 2. The Morgan fingerprint density at radius 1 is 1.04 bits per heavy atom. The van der Waals surface area contributed by atoms with Crippen LogP contribution in [0.15, 0.2) is 29.7 Å². The van der Waals surface area contributed by atoms with Gasteiger partial charge in [0.1, 0.15) is 4.90 Å². The van der Waals surface area contributed by atoms with E-state index in [9.17, 15) is 8.42 Å². The molecule has 2 bridgehead atoms. The van der Waals surface area contributed by atoms with E-state index in [0.717, 1.165) is 31.2 Å². The molecule has 2 aromatic rings. The molecule has 7 nitrogen and oxygen atoms in total. The summed E-state index contributed by atoms with van der Waals surface area (Å²) in [6.07, 6.45) is 10.5. The summed E-state index contributed by atoms with van der Waals surface area (Å²) in [6, 6.07) is 0.420. The largest absolute Gasteiger partial charge is 0.274 e. The Bertz CT molecular complexity index is 811. The zero-order valence-electron chi connectivity index (χ0n) is 13.3. The first kappa shape index (κ1) is 14.9. The normalized spacial score (nSPS) is 28.3. The molecular weight excluding hydrogens is 314 g/mol. The number of rotatable bonds is 3. The van der Waals surface area contributed by atoms with E-state index >= 15 is 0 Å². The van der Waals surface area contributed by atoms with Crippen molar-refractivity contribution in [3.05, 3.63) is 30.4 Å². The molecule has 2 atom stereocenters. The van der Waals surface area contributed by atoms with Crippen LogP contribution in [0.3, 0.4) is 0 Å². The number of sulfonamides is 1. The number of hydrogen-bond donors (Lipinski definition) is 0. The molecule has 2 aromatic heterocycles. The van der Waals surface area contributed by atoms with Crippen LogP contribution in [0.1, 0.15) is 37.3 Å². The summed E-state index contributed by atoms with van der Waals surface area (Å²) in [5, 5.41) is 8.43. The molecule has 0 aliphatic carbocycles. The third kappa shape index (κ3) is 2.40. The zero-order valence-corrected chi connectivity index (χ0v) is 14.1. The van der Waals surface area contributed by atoms with Crippen molar-refractivity contribution in [2.45, 2.75) is 55.6 Å². The lowest BCUT2D eigenvalue weighted by molar-refractivity contribution is 0.184. The first-order valence-electron chi connectivity index (χ1n) is 7.98. The van der Waals surface area contributed by atoms with Crippen LogP contribution in [-0.2, 0) is 17.1 Å². The Labute approximate surface area is 135 Å². The summed E-state index contributed by atoms with van der Waals surface area (Å²) in [4.78, 5) is 0.297. The number of aromatic nitrogens is 4. The van der Waals surface area contributed by atoms with Crippen LogP contribution in [0.2, 0.25) is 0 Å². The number of hydrogen-bond acceptors (Lipinski definition) is 4. The summed E-state index contributed by atoms with van der Waals surface area (Å²) in [5.74, 6) is 0. The lowest BCUT2D eigenvalue weighted by Crippen LogP contribution is -2.46. The quantitative estimate of drug-likeness (QED) is 0.852. The molecule has 0 aromatic carbocycles. The minimum atomic E-state index is -3.46. The molecule has 2 saturated heterocycles. The van der Waals surface area contributed by atoms with Crippen LogP contribution in [0.5, 0.6) is 0 Å². The highest BCUT2D eigenvalue weighted by molar-refractivity contribution is 7.89. The fourth-order valence-electron chi connectivity index (χ4n) is 4.00. The molecule has 8 heteroatoms. The predicted octanol–water partition coefficient (Wildman–Crippen LogP) is 1.48. The van der Waals surface area contributed by atoms with E-state index in [0.29, 0.717) is 10.9 Å². The molecule has 0 N–H and O–H groups in total. The molecule has 2 aliphatic rings. The Morgan fingerprint density at radius 3 is 2.26 bits per heavy atom. The minimum Gasteiger partial charge on any atom is -0.274 e. The summed E-state index contributed by atoms with van der Waals surface area (Å²) >= 11 is 0. The summed E-state index contributed by atoms with van der Waals surface area (Å²) in [7, 11) is -1.72. The van der Waals surface area contributed by atoms with Crippen molar-refractivity contribution >= 4 is 10.0 Å². The number of fused-ring (bicyclic) bond motifs is 2. The van der Waals surface area contributed by atoms with Gasteiger partial charge in [-0.15, -0.1) is 0 Å². The Hall–Kier alpha value is -1.67. The van der Waals surface area contributed by atoms with Crippen molar-refractivity contribution in [2.75, 3.05) is 0 Å². The molecule has 124 valence electrons. The highest BCUT2D eigenvalue weighted by atomic mass is 32.2. The van der Waals surface area contributed by atoms with Gasteiger partial charge >= 0.3 is 0 Å². The monoisotopic (exact) mass is 335 g/mol. The number of piperidine rings is 1. The third-order valence-electron chi connectivity index (χ3n) is 5.00. The van der Waals surface area contributed by atoms with Crippen LogP contribution in [0.25, 0.3) is 0 Å². The van der Waals surface area contributed by atoms with Gasteiger partial charge in [0.25, 0.3) is 0 Å². The summed E-state index contributed by atoms with van der Waals surface area (Å²) in [5.41, 5.74) is 1.14. The van der Waals surface area contributed by atoms with Gasteiger partial charge in [0.2, 0.25) is 10.0 Å². The zero-order chi connectivity index (χ0) is 16.2. The van der Waals surface area contributed by atoms with Crippen LogP contribution in [-0.4, -0.2) is 44.4 Å². The van der Waals surface area contributed by atoms with Crippen LogP contribution in [0.4, 0.5) is 0 Å². The highest BCUT2D eigenvalue weighted by Gasteiger charge is 2.48. The van der Waals surface area contributed by atoms with Crippen LogP contribution >= 0.6 is 0 Å². The van der Waals surface area contributed by atoms with E-state index < -0.39 is 10.0 Å². The van der Waals surface area contributed by atoms with Gasteiger partial charge in [0, 0.05) is 31.5 Å². The third-order valence-corrected chi connectivity index (χ3v) is 6.96. The molecule has 4 heterocycles. The van der Waals surface area contributed by atoms with Gasteiger partial charge in [-0.3, -0.25) is 9.36 Å². The molecule has 23 heavy (non-hydrogen) atoms. The van der Waals surface area contributed by atoms with Gasteiger partial charge in [-0.05, 0) is 38.2 Å². The topological polar surface area (TPSA) is 73.0 Å². The molecule has 2 aliphatic heterocycles. The lowest BCUT2D eigenvalue weighted by atomic mass is 10.00. The van der Waals surface area contributed by atoms with Crippen LogP contribution < -0.4 is 0 Å². The van der Waals surface area contributed by atoms with Gasteiger partial charge in [-0.1, -0.05) is 0 Å². The molecule has 0 radical (unpaired) electrons. The van der Waals surface area contributed by atoms with Crippen molar-refractivity contribution < 1.29 is 8.42 Å². The SMILES string of the molecule is Cc1cnn(C2CC3CCC(C2)N3S(=O)(=O)c2cnn(C)c2)c1. The van der Waals surface area contributed by atoms with Gasteiger partial charge in [-0.25, -0.2) is 8.42 Å². The van der Waals surface area contributed by atoms with E-state index in [1.807, 2.05) is 17.8 Å². The second kappa shape index (κ2) is 5.17. The maximum absolute atomic E-state index is 13.0. The van der Waals surface area contributed by atoms with E-state index in [1.54, 1.807) is 17.5 Å². The molecule has 2 fully saturated rings. The Kier molecular flexibility index (Phi) is 3.35. The fourth-order valence-corrected chi connectivity index (χ4v) is 5.88. The number of nitrogens with zero attached hydrogens (tertiary/aromatic N) is 5. The first-order chi connectivity index (χ1) is 10.9. The van der Waals surface area contributed by atoms with E-state index in [4.69, 9.17) is 0 Å². The van der Waals surface area contributed by atoms with Gasteiger partial charge < -0.3 is 0 Å². The lowest BCUT2D eigenvalue weighted by Gasteiger charge is -2.37. The van der Waals surface area contributed by atoms with Crippen LogP contribution in [0, 0.1) is 6.92 Å². The molecule has 0 spiro atoms. The second-order valence-electron chi connectivity index (χ2n) is 6.69. The maximum atomic E-state index is 13.0. The van der Waals surface area contributed by atoms with Gasteiger partial charge in [-0.2, -0.15) is 14.5 Å². The van der Waals surface area contributed by atoms with E-state index in [-0.39, 0.29) is 12.1 Å². The summed E-state index contributed by atoms with van der Waals surface area (Å²) < 4.78 is 31.2. The molecule has 0 saturated carbocycles.